The van der Waals surface area contributed by atoms with Gasteiger partial charge in [-0.1, -0.05) is 36.5 Å². The Labute approximate surface area is 206 Å². The first-order chi connectivity index (χ1) is 17.0. The summed E-state index contributed by atoms with van der Waals surface area (Å²) in [5.74, 6) is -0.696. The number of thiazole rings is 1. The van der Waals surface area contributed by atoms with Gasteiger partial charge in [0.25, 0.3) is 5.91 Å². The summed E-state index contributed by atoms with van der Waals surface area (Å²) < 4.78 is 3.01. The molecule has 2 aromatic carbocycles. The standard InChI is InChI=1S/C26H25N5O3S/c1-2-18-6-4-9-21-24(18)28-26(35-21)30(14-5-13-29-15-12-27-17-29)25(34)19-7-3-8-20(16-19)31-22(32)10-11-23(31)33/h3-4,6-9,12,15-17H,2,5,10-11,13-14H2,1H3. The van der Waals surface area contributed by atoms with E-state index in [-0.39, 0.29) is 30.6 Å². The number of nitrogens with zero attached hydrogens (tertiary/aromatic N) is 5. The fraction of sp³-hybridized carbons (Fsp3) is 0.269. The summed E-state index contributed by atoms with van der Waals surface area (Å²) in [6.07, 6.45) is 7.34. The van der Waals surface area contributed by atoms with Gasteiger partial charge in [-0.3, -0.25) is 24.2 Å². The number of imide groups is 1. The largest absolute Gasteiger partial charge is 0.337 e. The van der Waals surface area contributed by atoms with Crippen molar-refractivity contribution in [2.75, 3.05) is 16.3 Å². The van der Waals surface area contributed by atoms with E-state index in [0.717, 1.165) is 22.2 Å². The van der Waals surface area contributed by atoms with Crippen LogP contribution in [0, 0.1) is 0 Å². The third-order valence-corrected chi connectivity index (χ3v) is 7.15. The van der Waals surface area contributed by atoms with E-state index < -0.39 is 0 Å². The van der Waals surface area contributed by atoms with Gasteiger partial charge < -0.3 is 4.57 Å². The Morgan fingerprint density at radius 2 is 1.91 bits per heavy atom. The molecular formula is C26H25N5O3S. The molecule has 5 rings (SSSR count). The maximum atomic E-state index is 13.8. The second kappa shape index (κ2) is 9.79. The average Bonchev–Trinajstić information content (AvgIpc) is 3.61. The van der Waals surface area contributed by atoms with Crippen LogP contribution >= 0.6 is 11.3 Å². The Kier molecular flexibility index (Phi) is 6.41. The molecule has 0 N–H and O–H groups in total. The molecule has 3 amide bonds. The fourth-order valence-electron chi connectivity index (χ4n) is 4.31. The Hall–Kier alpha value is -3.85. The topological polar surface area (TPSA) is 88.4 Å². The minimum Gasteiger partial charge on any atom is -0.337 e. The molecule has 1 saturated heterocycles. The first-order valence-corrected chi connectivity index (χ1v) is 12.5. The van der Waals surface area contributed by atoms with Gasteiger partial charge in [0.05, 0.1) is 22.2 Å². The average molecular weight is 488 g/mol. The van der Waals surface area contributed by atoms with Gasteiger partial charge in [0.1, 0.15) is 0 Å². The molecule has 0 saturated carbocycles. The van der Waals surface area contributed by atoms with Crippen LogP contribution in [0.2, 0.25) is 0 Å². The van der Waals surface area contributed by atoms with E-state index in [2.05, 4.69) is 18.0 Å². The number of amides is 3. The third kappa shape index (κ3) is 4.59. The SMILES string of the molecule is CCc1cccc2sc(N(CCCn3ccnc3)C(=O)c3cccc(N4C(=O)CCC4=O)c3)nc12. The summed E-state index contributed by atoms with van der Waals surface area (Å²) >= 11 is 1.49. The lowest BCUT2D eigenvalue weighted by Gasteiger charge is -2.21. The lowest BCUT2D eigenvalue weighted by molar-refractivity contribution is -0.121. The van der Waals surface area contributed by atoms with Crippen molar-refractivity contribution in [2.24, 2.45) is 0 Å². The molecule has 9 heteroatoms. The molecule has 0 aliphatic carbocycles. The van der Waals surface area contributed by atoms with Crippen LogP contribution in [0.4, 0.5) is 10.8 Å². The van der Waals surface area contributed by atoms with Gasteiger partial charge in [0.15, 0.2) is 5.13 Å². The Morgan fingerprint density at radius 1 is 1.11 bits per heavy atom. The highest BCUT2D eigenvalue weighted by Gasteiger charge is 2.31. The van der Waals surface area contributed by atoms with Crippen molar-refractivity contribution in [1.82, 2.24) is 14.5 Å². The molecular weight excluding hydrogens is 462 g/mol. The number of para-hydroxylation sites is 1. The molecule has 0 bridgehead atoms. The van der Waals surface area contributed by atoms with Gasteiger partial charge in [-0.25, -0.2) is 9.97 Å². The lowest BCUT2D eigenvalue weighted by Crippen LogP contribution is -2.33. The number of carbonyl (C=O) groups excluding carboxylic acids is 3. The van der Waals surface area contributed by atoms with Gasteiger partial charge in [-0.05, 0) is 42.7 Å². The maximum absolute atomic E-state index is 13.8. The van der Waals surface area contributed by atoms with Crippen LogP contribution in [0.3, 0.4) is 0 Å². The number of aromatic nitrogens is 3. The van der Waals surface area contributed by atoms with E-state index >= 15 is 0 Å². The zero-order chi connectivity index (χ0) is 24.4. The van der Waals surface area contributed by atoms with Crippen LogP contribution in [-0.4, -0.2) is 38.8 Å². The molecule has 0 atom stereocenters. The van der Waals surface area contributed by atoms with Crippen molar-refractivity contribution in [3.8, 4) is 0 Å². The third-order valence-electron chi connectivity index (χ3n) is 6.11. The smallest absolute Gasteiger partial charge is 0.260 e. The summed E-state index contributed by atoms with van der Waals surface area (Å²) in [7, 11) is 0. The Bertz CT molecular complexity index is 1380. The molecule has 178 valence electrons. The van der Waals surface area contributed by atoms with Crippen LogP contribution in [-0.2, 0) is 22.6 Å². The summed E-state index contributed by atoms with van der Waals surface area (Å²) in [5.41, 5.74) is 2.90. The number of benzene rings is 2. The molecule has 3 heterocycles. The lowest BCUT2D eigenvalue weighted by atomic mass is 10.1. The highest BCUT2D eigenvalue weighted by Crippen LogP contribution is 2.32. The molecule has 0 radical (unpaired) electrons. The molecule has 0 spiro atoms. The van der Waals surface area contributed by atoms with Gasteiger partial charge in [-0.15, -0.1) is 0 Å². The van der Waals surface area contributed by atoms with Crippen molar-refractivity contribution in [3.63, 3.8) is 0 Å². The highest BCUT2D eigenvalue weighted by molar-refractivity contribution is 7.22. The molecule has 35 heavy (non-hydrogen) atoms. The van der Waals surface area contributed by atoms with Crippen molar-refractivity contribution in [2.45, 2.75) is 39.2 Å². The number of rotatable bonds is 8. The normalized spacial score (nSPS) is 13.7. The zero-order valence-corrected chi connectivity index (χ0v) is 20.2. The minimum absolute atomic E-state index is 0.197. The monoisotopic (exact) mass is 487 g/mol. The van der Waals surface area contributed by atoms with Crippen molar-refractivity contribution < 1.29 is 14.4 Å². The van der Waals surface area contributed by atoms with Crippen LogP contribution in [0.1, 0.15) is 42.1 Å². The number of aryl methyl sites for hydroxylation is 2. The van der Waals surface area contributed by atoms with E-state index in [0.29, 0.717) is 35.9 Å². The Morgan fingerprint density at radius 3 is 2.66 bits per heavy atom. The van der Waals surface area contributed by atoms with Crippen molar-refractivity contribution in [3.05, 3.63) is 72.3 Å². The van der Waals surface area contributed by atoms with Crippen LogP contribution in [0.25, 0.3) is 10.2 Å². The van der Waals surface area contributed by atoms with E-state index in [1.165, 1.54) is 16.2 Å². The quantitative estimate of drug-likeness (QED) is 0.343. The Balaban J connectivity index is 1.48. The van der Waals surface area contributed by atoms with Gasteiger partial charge >= 0.3 is 0 Å². The van der Waals surface area contributed by atoms with E-state index in [4.69, 9.17) is 4.98 Å². The summed E-state index contributed by atoms with van der Waals surface area (Å²) in [4.78, 5) is 50.1. The fourth-order valence-corrected chi connectivity index (χ4v) is 5.35. The summed E-state index contributed by atoms with van der Waals surface area (Å²) in [6.45, 7) is 3.27. The molecule has 0 unspecified atom stereocenters. The molecule has 1 fully saturated rings. The zero-order valence-electron chi connectivity index (χ0n) is 19.4. The molecule has 1 aliphatic heterocycles. The number of anilines is 2. The molecule has 4 aromatic rings. The maximum Gasteiger partial charge on any atom is 0.260 e. The van der Waals surface area contributed by atoms with Crippen molar-refractivity contribution in [1.29, 1.82) is 0 Å². The molecule has 1 aliphatic rings. The second-order valence-electron chi connectivity index (χ2n) is 8.40. The van der Waals surface area contributed by atoms with Crippen molar-refractivity contribution >= 4 is 50.1 Å². The summed E-state index contributed by atoms with van der Waals surface area (Å²) in [6, 6.07) is 12.8. The van der Waals surface area contributed by atoms with E-state index in [1.807, 2.05) is 22.9 Å². The highest BCUT2D eigenvalue weighted by atomic mass is 32.1. The van der Waals surface area contributed by atoms with Gasteiger partial charge in [0, 0.05) is 43.9 Å². The predicted molar refractivity (Wildman–Crippen MR) is 136 cm³/mol. The van der Waals surface area contributed by atoms with E-state index in [9.17, 15) is 14.4 Å². The van der Waals surface area contributed by atoms with E-state index in [1.54, 1.807) is 41.7 Å². The first-order valence-electron chi connectivity index (χ1n) is 11.7. The molecule has 2 aromatic heterocycles. The number of carbonyl (C=O) groups is 3. The number of imidazole rings is 1. The van der Waals surface area contributed by atoms with Crippen LogP contribution in [0.15, 0.2) is 61.2 Å². The van der Waals surface area contributed by atoms with Gasteiger partial charge in [0.2, 0.25) is 11.8 Å². The minimum atomic E-state index is -0.241. The number of hydrogen-bond acceptors (Lipinski definition) is 6. The van der Waals surface area contributed by atoms with Crippen LogP contribution < -0.4 is 9.80 Å². The first kappa shape index (κ1) is 22.9. The van der Waals surface area contributed by atoms with Gasteiger partial charge in [-0.2, -0.15) is 0 Å². The summed E-state index contributed by atoms with van der Waals surface area (Å²) in [5, 5.41) is 0.634. The second-order valence-corrected chi connectivity index (χ2v) is 9.41. The van der Waals surface area contributed by atoms with Crippen LogP contribution in [0.5, 0.6) is 0 Å². The predicted octanol–water partition coefficient (Wildman–Crippen LogP) is 4.45. The number of hydrogen-bond donors (Lipinski definition) is 0. The molecule has 8 nitrogen and oxygen atoms in total. The number of fused-ring (bicyclic) bond motifs is 1.